The monoisotopic (exact) mass is 131 g/mol. The summed E-state index contributed by atoms with van der Waals surface area (Å²) in [6, 6.07) is 0.138. The number of nitrogens with zero attached hydrogens (tertiary/aromatic N) is 1. The fourth-order valence-electron chi connectivity index (χ4n) is 1.26. The van der Waals surface area contributed by atoms with Gasteiger partial charge in [-0.25, -0.2) is 4.39 Å². The van der Waals surface area contributed by atoms with Gasteiger partial charge in [-0.1, -0.05) is 0 Å². The van der Waals surface area contributed by atoms with Crippen LogP contribution in [0.1, 0.15) is 19.8 Å². The summed E-state index contributed by atoms with van der Waals surface area (Å²) >= 11 is 0. The van der Waals surface area contributed by atoms with E-state index in [0.29, 0.717) is 0 Å². The third-order valence-electron chi connectivity index (χ3n) is 2.21. The first-order valence-electron chi connectivity index (χ1n) is 3.56. The van der Waals surface area contributed by atoms with E-state index in [2.05, 4.69) is 4.90 Å². The number of hydrogen-bond donors (Lipinski definition) is 0. The van der Waals surface area contributed by atoms with E-state index in [4.69, 9.17) is 0 Å². The Kier molecular flexibility index (Phi) is 2.06. The second-order valence-electron chi connectivity index (χ2n) is 2.88. The van der Waals surface area contributed by atoms with Crippen LogP contribution in [0.15, 0.2) is 0 Å². The third-order valence-corrected chi connectivity index (χ3v) is 2.21. The first-order chi connectivity index (χ1) is 4.22. The number of alkyl halides is 1. The van der Waals surface area contributed by atoms with E-state index in [9.17, 15) is 4.39 Å². The van der Waals surface area contributed by atoms with E-state index in [1.54, 1.807) is 0 Å². The summed E-state index contributed by atoms with van der Waals surface area (Å²) in [7, 11) is 1.98. The van der Waals surface area contributed by atoms with Gasteiger partial charge in [-0.05, 0) is 33.4 Å². The SMILES string of the molecule is CC1C(F)CCCN1C. The molecule has 0 N–H and O–H groups in total. The van der Waals surface area contributed by atoms with Crippen molar-refractivity contribution in [3.63, 3.8) is 0 Å². The van der Waals surface area contributed by atoms with Crippen LogP contribution < -0.4 is 0 Å². The molecule has 2 heteroatoms. The third kappa shape index (κ3) is 1.42. The lowest BCUT2D eigenvalue weighted by atomic mass is 10.0. The highest BCUT2D eigenvalue weighted by molar-refractivity contribution is 4.77. The van der Waals surface area contributed by atoms with E-state index in [0.717, 1.165) is 19.4 Å². The maximum Gasteiger partial charge on any atom is 0.115 e. The highest BCUT2D eigenvalue weighted by atomic mass is 19.1. The molecule has 1 rings (SSSR count). The molecule has 0 bridgehead atoms. The molecule has 1 fully saturated rings. The number of hydrogen-bond acceptors (Lipinski definition) is 1. The standard InChI is InChI=1S/C7H14FN/c1-6-7(8)4-3-5-9(6)2/h6-7H,3-5H2,1-2H3. The molecule has 0 aliphatic carbocycles. The highest BCUT2D eigenvalue weighted by Gasteiger charge is 2.24. The zero-order valence-corrected chi connectivity index (χ0v) is 6.10. The van der Waals surface area contributed by atoms with Crippen molar-refractivity contribution >= 4 is 0 Å². The average molecular weight is 131 g/mol. The lowest BCUT2D eigenvalue weighted by molar-refractivity contribution is 0.0990. The van der Waals surface area contributed by atoms with E-state index in [1.807, 2.05) is 14.0 Å². The van der Waals surface area contributed by atoms with E-state index in [-0.39, 0.29) is 6.04 Å². The maximum atomic E-state index is 12.8. The summed E-state index contributed by atoms with van der Waals surface area (Å²) in [4.78, 5) is 2.08. The Morgan fingerprint density at radius 3 is 2.67 bits per heavy atom. The lowest BCUT2D eigenvalue weighted by Gasteiger charge is -2.32. The van der Waals surface area contributed by atoms with Gasteiger partial charge in [0.15, 0.2) is 0 Å². The van der Waals surface area contributed by atoms with Crippen molar-refractivity contribution in [2.45, 2.75) is 32.0 Å². The zero-order chi connectivity index (χ0) is 6.85. The quantitative estimate of drug-likeness (QED) is 0.481. The van der Waals surface area contributed by atoms with Gasteiger partial charge in [-0.2, -0.15) is 0 Å². The molecular weight excluding hydrogens is 117 g/mol. The molecule has 0 saturated carbocycles. The lowest BCUT2D eigenvalue weighted by Crippen LogP contribution is -2.41. The fourth-order valence-corrected chi connectivity index (χ4v) is 1.26. The maximum absolute atomic E-state index is 12.8. The Morgan fingerprint density at radius 1 is 1.56 bits per heavy atom. The molecule has 0 aromatic rings. The van der Waals surface area contributed by atoms with Gasteiger partial charge in [0.05, 0.1) is 0 Å². The Balaban J connectivity index is 2.41. The summed E-state index contributed by atoms with van der Waals surface area (Å²) < 4.78 is 12.8. The topological polar surface area (TPSA) is 3.24 Å². The van der Waals surface area contributed by atoms with Crippen molar-refractivity contribution in [2.24, 2.45) is 0 Å². The molecule has 0 spiro atoms. The van der Waals surface area contributed by atoms with Crippen LogP contribution >= 0.6 is 0 Å². The second-order valence-corrected chi connectivity index (χ2v) is 2.88. The van der Waals surface area contributed by atoms with Crippen LogP contribution in [0.4, 0.5) is 4.39 Å². The number of likely N-dealkylation sites (tertiary alicyclic amines) is 1. The first-order valence-corrected chi connectivity index (χ1v) is 3.56. The van der Waals surface area contributed by atoms with Crippen LogP contribution in [-0.2, 0) is 0 Å². The van der Waals surface area contributed by atoms with Crippen LogP contribution in [-0.4, -0.2) is 30.7 Å². The Bertz CT molecular complexity index is 84.9. The normalized spacial score (nSPS) is 39.0. The minimum absolute atomic E-state index is 0.138. The van der Waals surface area contributed by atoms with Crippen molar-refractivity contribution < 1.29 is 4.39 Å². The van der Waals surface area contributed by atoms with Gasteiger partial charge < -0.3 is 4.90 Å². The molecule has 1 heterocycles. The Hall–Kier alpha value is -0.110. The van der Waals surface area contributed by atoms with Crippen molar-refractivity contribution in [3.8, 4) is 0 Å². The molecule has 1 nitrogen and oxygen atoms in total. The molecule has 1 aliphatic heterocycles. The Labute approximate surface area is 55.8 Å². The number of halogens is 1. The molecule has 54 valence electrons. The van der Waals surface area contributed by atoms with Crippen LogP contribution in [0.3, 0.4) is 0 Å². The smallest absolute Gasteiger partial charge is 0.115 e. The van der Waals surface area contributed by atoms with Gasteiger partial charge in [0.25, 0.3) is 0 Å². The molecule has 0 aromatic heterocycles. The Morgan fingerprint density at radius 2 is 2.22 bits per heavy atom. The number of piperidine rings is 1. The molecular formula is C7H14FN. The van der Waals surface area contributed by atoms with Crippen LogP contribution in [0.2, 0.25) is 0 Å². The van der Waals surface area contributed by atoms with Gasteiger partial charge in [0, 0.05) is 6.04 Å². The van der Waals surface area contributed by atoms with E-state index in [1.165, 1.54) is 0 Å². The molecule has 0 radical (unpaired) electrons. The van der Waals surface area contributed by atoms with Gasteiger partial charge >= 0.3 is 0 Å². The molecule has 0 aromatic carbocycles. The highest BCUT2D eigenvalue weighted by Crippen LogP contribution is 2.17. The average Bonchev–Trinajstić information content (AvgIpc) is 1.83. The minimum Gasteiger partial charge on any atom is -0.301 e. The van der Waals surface area contributed by atoms with Gasteiger partial charge in [-0.15, -0.1) is 0 Å². The van der Waals surface area contributed by atoms with Crippen molar-refractivity contribution in [1.29, 1.82) is 0 Å². The molecule has 1 saturated heterocycles. The summed E-state index contributed by atoms with van der Waals surface area (Å²) in [6.45, 7) is 3.01. The molecule has 0 amide bonds. The summed E-state index contributed by atoms with van der Waals surface area (Å²) in [6.07, 6.45) is 1.18. The van der Waals surface area contributed by atoms with E-state index < -0.39 is 6.17 Å². The summed E-state index contributed by atoms with van der Waals surface area (Å²) in [5, 5.41) is 0. The molecule has 2 atom stereocenters. The number of rotatable bonds is 0. The fraction of sp³-hybridized carbons (Fsp3) is 1.00. The van der Waals surface area contributed by atoms with Crippen molar-refractivity contribution in [2.75, 3.05) is 13.6 Å². The predicted octanol–water partition coefficient (Wildman–Crippen LogP) is 1.44. The molecule has 2 unspecified atom stereocenters. The second kappa shape index (κ2) is 2.65. The largest absolute Gasteiger partial charge is 0.301 e. The summed E-state index contributed by atoms with van der Waals surface area (Å²) in [5.74, 6) is 0. The van der Waals surface area contributed by atoms with Crippen LogP contribution in [0, 0.1) is 0 Å². The van der Waals surface area contributed by atoms with Crippen LogP contribution in [0.25, 0.3) is 0 Å². The van der Waals surface area contributed by atoms with Gasteiger partial charge in [-0.3, -0.25) is 0 Å². The van der Waals surface area contributed by atoms with E-state index >= 15 is 0 Å². The van der Waals surface area contributed by atoms with Crippen molar-refractivity contribution in [3.05, 3.63) is 0 Å². The molecule has 9 heavy (non-hydrogen) atoms. The van der Waals surface area contributed by atoms with Gasteiger partial charge in [0.1, 0.15) is 6.17 Å². The summed E-state index contributed by atoms with van der Waals surface area (Å²) in [5.41, 5.74) is 0. The van der Waals surface area contributed by atoms with Crippen molar-refractivity contribution in [1.82, 2.24) is 4.90 Å². The molecule has 1 aliphatic rings. The zero-order valence-electron chi connectivity index (χ0n) is 6.10. The predicted molar refractivity (Wildman–Crippen MR) is 36.2 cm³/mol. The van der Waals surface area contributed by atoms with Crippen LogP contribution in [0.5, 0.6) is 0 Å². The minimum atomic E-state index is -0.594. The van der Waals surface area contributed by atoms with Gasteiger partial charge in [0.2, 0.25) is 0 Å². The first kappa shape index (κ1) is 7.00.